The van der Waals surface area contributed by atoms with Crippen molar-refractivity contribution in [3.05, 3.63) is 72.2 Å². The van der Waals surface area contributed by atoms with Crippen molar-refractivity contribution in [3.63, 3.8) is 0 Å². The molecule has 1 heterocycles. The van der Waals surface area contributed by atoms with Gasteiger partial charge in [0, 0.05) is 23.6 Å². The molecule has 132 valence electrons. The fourth-order valence-electron chi connectivity index (χ4n) is 2.57. The number of aromatic nitrogens is 1. The summed E-state index contributed by atoms with van der Waals surface area (Å²) in [4.78, 5) is 15.9. The number of nitrogens with zero attached hydrogens (tertiary/aromatic N) is 1. The molecule has 7 heteroatoms. The Morgan fingerprint density at radius 2 is 1.69 bits per heavy atom. The summed E-state index contributed by atoms with van der Waals surface area (Å²) in [6.07, 6.45) is 2.40. The zero-order chi connectivity index (χ0) is 18.9. The molecule has 2 aromatic carbocycles. The van der Waals surface area contributed by atoms with Gasteiger partial charge in [-0.2, -0.15) is 0 Å². The maximum absolute atomic E-state index is 14.2. The van der Waals surface area contributed by atoms with Gasteiger partial charge in [0.15, 0.2) is 9.84 Å². The van der Waals surface area contributed by atoms with Crippen LogP contribution in [0.5, 0.6) is 0 Å². The molecule has 0 atom stereocenters. The van der Waals surface area contributed by atoms with E-state index in [-0.39, 0.29) is 16.0 Å². The number of halogens is 1. The maximum Gasteiger partial charge on any atom is 0.250 e. The summed E-state index contributed by atoms with van der Waals surface area (Å²) in [7, 11) is -3.34. The van der Waals surface area contributed by atoms with Crippen molar-refractivity contribution in [3.8, 4) is 22.4 Å². The molecule has 3 rings (SSSR count). The van der Waals surface area contributed by atoms with E-state index in [9.17, 15) is 17.6 Å². The van der Waals surface area contributed by atoms with Gasteiger partial charge in [-0.1, -0.05) is 24.3 Å². The van der Waals surface area contributed by atoms with E-state index >= 15 is 0 Å². The Balaban J connectivity index is 2.22. The second-order valence-electron chi connectivity index (χ2n) is 5.76. The smallest absolute Gasteiger partial charge is 0.250 e. The average Bonchev–Trinajstić information content (AvgIpc) is 2.61. The summed E-state index contributed by atoms with van der Waals surface area (Å²) in [6, 6.07) is 13.7. The molecule has 0 aliphatic carbocycles. The van der Waals surface area contributed by atoms with Gasteiger partial charge >= 0.3 is 0 Å². The minimum atomic E-state index is -3.34. The van der Waals surface area contributed by atoms with Crippen molar-refractivity contribution in [2.45, 2.75) is 4.90 Å². The molecule has 5 nitrogen and oxygen atoms in total. The summed E-state index contributed by atoms with van der Waals surface area (Å²) in [5.74, 6) is -1.12. The second kappa shape index (κ2) is 6.68. The number of rotatable bonds is 4. The lowest BCUT2D eigenvalue weighted by molar-refractivity contribution is 0.1000. The SMILES string of the molecule is CS(=O)(=O)c1ccc(-c2cc(C(N)=O)cnc2-c2ccccc2F)cc1. The maximum atomic E-state index is 14.2. The van der Waals surface area contributed by atoms with E-state index in [4.69, 9.17) is 5.73 Å². The highest BCUT2D eigenvalue weighted by Gasteiger charge is 2.16. The molecule has 0 radical (unpaired) electrons. The number of benzene rings is 2. The summed E-state index contributed by atoms with van der Waals surface area (Å²) < 4.78 is 37.5. The number of carbonyl (C=O) groups is 1. The van der Waals surface area contributed by atoms with E-state index in [0.717, 1.165) is 6.26 Å². The molecule has 1 aromatic heterocycles. The molecule has 0 bridgehead atoms. The highest BCUT2D eigenvalue weighted by molar-refractivity contribution is 7.90. The number of hydrogen-bond acceptors (Lipinski definition) is 4. The Morgan fingerprint density at radius 1 is 1.04 bits per heavy atom. The van der Waals surface area contributed by atoms with Crippen LogP contribution in [0.2, 0.25) is 0 Å². The first-order valence-electron chi connectivity index (χ1n) is 7.62. The van der Waals surface area contributed by atoms with Crippen LogP contribution in [0.4, 0.5) is 4.39 Å². The topological polar surface area (TPSA) is 90.1 Å². The van der Waals surface area contributed by atoms with Crippen molar-refractivity contribution >= 4 is 15.7 Å². The van der Waals surface area contributed by atoms with Crippen molar-refractivity contribution < 1.29 is 17.6 Å². The molecular weight excluding hydrogens is 355 g/mol. The van der Waals surface area contributed by atoms with E-state index in [1.807, 2.05) is 0 Å². The van der Waals surface area contributed by atoms with Crippen molar-refractivity contribution in [2.24, 2.45) is 5.73 Å². The number of sulfone groups is 1. The Kier molecular flexibility index (Phi) is 4.56. The average molecular weight is 370 g/mol. The zero-order valence-electron chi connectivity index (χ0n) is 13.8. The van der Waals surface area contributed by atoms with Crippen molar-refractivity contribution in [1.82, 2.24) is 4.98 Å². The third-order valence-electron chi connectivity index (χ3n) is 3.89. The molecule has 0 fully saturated rings. The number of carbonyl (C=O) groups excluding carboxylic acids is 1. The highest BCUT2D eigenvalue weighted by Crippen LogP contribution is 2.33. The first-order chi connectivity index (χ1) is 12.3. The quantitative estimate of drug-likeness (QED) is 0.764. The van der Waals surface area contributed by atoms with Gasteiger partial charge < -0.3 is 5.73 Å². The molecule has 0 aliphatic rings. The molecule has 0 saturated carbocycles. The second-order valence-corrected chi connectivity index (χ2v) is 7.78. The number of hydrogen-bond donors (Lipinski definition) is 1. The predicted octanol–water partition coefficient (Wildman–Crippen LogP) is 3.06. The van der Waals surface area contributed by atoms with Gasteiger partial charge in [-0.05, 0) is 35.9 Å². The van der Waals surface area contributed by atoms with Gasteiger partial charge in [0.05, 0.1) is 16.2 Å². The number of nitrogens with two attached hydrogens (primary N) is 1. The number of primary amides is 1. The Labute approximate surface area is 150 Å². The Bertz CT molecular complexity index is 1090. The summed E-state index contributed by atoms with van der Waals surface area (Å²) >= 11 is 0. The van der Waals surface area contributed by atoms with Gasteiger partial charge in [0.2, 0.25) is 5.91 Å². The monoisotopic (exact) mass is 370 g/mol. The Morgan fingerprint density at radius 3 is 2.27 bits per heavy atom. The zero-order valence-corrected chi connectivity index (χ0v) is 14.6. The minimum Gasteiger partial charge on any atom is -0.366 e. The Hall–Kier alpha value is -3.06. The lowest BCUT2D eigenvalue weighted by Gasteiger charge is -2.12. The molecule has 26 heavy (non-hydrogen) atoms. The van der Waals surface area contributed by atoms with Crippen molar-refractivity contribution in [2.75, 3.05) is 6.26 Å². The van der Waals surface area contributed by atoms with E-state index in [2.05, 4.69) is 4.98 Å². The van der Waals surface area contributed by atoms with E-state index < -0.39 is 21.6 Å². The largest absolute Gasteiger partial charge is 0.366 e. The molecule has 0 aliphatic heterocycles. The normalized spacial score (nSPS) is 11.3. The minimum absolute atomic E-state index is 0.160. The van der Waals surface area contributed by atoms with Crippen LogP contribution in [-0.4, -0.2) is 25.6 Å². The van der Waals surface area contributed by atoms with Crippen LogP contribution >= 0.6 is 0 Å². The number of pyridine rings is 1. The first-order valence-corrected chi connectivity index (χ1v) is 9.52. The lowest BCUT2D eigenvalue weighted by atomic mass is 9.97. The van der Waals surface area contributed by atoms with E-state index in [1.54, 1.807) is 30.3 Å². The van der Waals surface area contributed by atoms with Crippen LogP contribution < -0.4 is 5.73 Å². The van der Waals surface area contributed by atoms with Gasteiger partial charge in [0.25, 0.3) is 0 Å². The molecule has 0 saturated heterocycles. The van der Waals surface area contributed by atoms with Crippen LogP contribution in [-0.2, 0) is 9.84 Å². The highest BCUT2D eigenvalue weighted by atomic mass is 32.2. The molecule has 2 N–H and O–H groups in total. The van der Waals surface area contributed by atoms with Crippen LogP contribution in [0, 0.1) is 5.82 Å². The van der Waals surface area contributed by atoms with Crippen molar-refractivity contribution in [1.29, 1.82) is 0 Å². The van der Waals surface area contributed by atoms with Gasteiger partial charge in [-0.15, -0.1) is 0 Å². The first kappa shape index (κ1) is 17.8. The molecular formula is C19H15FN2O3S. The standard InChI is InChI=1S/C19H15FN2O3S/c1-26(24,25)14-8-6-12(7-9-14)16-10-13(19(21)23)11-22-18(16)15-4-2-3-5-17(15)20/h2-11H,1H3,(H2,21,23). The summed E-state index contributed by atoms with van der Waals surface area (Å²) in [6.45, 7) is 0. The third kappa shape index (κ3) is 3.48. The van der Waals surface area contributed by atoms with Gasteiger partial charge in [-0.25, -0.2) is 12.8 Å². The third-order valence-corrected chi connectivity index (χ3v) is 5.02. The van der Waals surface area contributed by atoms with Crippen LogP contribution in [0.25, 0.3) is 22.4 Å². The molecule has 0 spiro atoms. The van der Waals surface area contributed by atoms with Crippen LogP contribution in [0.15, 0.2) is 65.7 Å². The molecule has 1 amide bonds. The van der Waals surface area contributed by atoms with Crippen LogP contribution in [0.3, 0.4) is 0 Å². The summed E-state index contributed by atoms with van der Waals surface area (Å²) in [5, 5.41) is 0. The fraction of sp³-hybridized carbons (Fsp3) is 0.0526. The van der Waals surface area contributed by atoms with Crippen LogP contribution in [0.1, 0.15) is 10.4 Å². The van der Waals surface area contributed by atoms with E-state index in [0.29, 0.717) is 16.8 Å². The number of amides is 1. The van der Waals surface area contributed by atoms with Gasteiger partial charge in [-0.3, -0.25) is 9.78 Å². The lowest BCUT2D eigenvalue weighted by Crippen LogP contribution is -2.11. The summed E-state index contributed by atoms with van der Waals surface area (Å²) in [5.41, 5.74) is 7.17. The predicted molar refractivity (Wildman–Crippen MR) is 96.7 cm³/mol. The van der Waals surface area contributed by atoms with Gasteiger partial charge in [0.1, 0.15) is 5.82 Å². The molecule has 0 unspecified atom stereocenters. The van der Waals surface area contributed by atoms with E-state index in [1.165, 1.54) is 30.5 Å². The molecule has 3 aromatic rings. The fourth-order valence-corrected chi connectivity index (χ4v) is 3.20.